The second-order valence-corrected chi connectivity index (χ2v) is 11.2. The van der Waals surface area contributed by atoms with Crippen molar-refractivity contribution in [1.82, 2.24) is 24.2 Å². The number of rotatable bonds is 8. The number of benzene rings is 2. The number of carbonyl (C=O) groups excluding carboxylic acids is 1. The van der Waals surface area contributed by atoms with Crippen molar-refractivity contribution in [2.75, 3.05) is 32.7 Å². The summed E-state index contributed by atoms with van der Waals surface area (Å²) in [7, 11) is -3.72. The summed E-state index contributed by atoms with van der Waals surface area (Å²) in [5.74, 6) is -0.171. The van der Waals surface area contributed by atoms with Crippen LogP contribution in [-0.4, -0.2) is 72.0 Å². The van der Waals surface area contributed by atoms with Crippen LogP contribution in [0.15, 0.2) is 89.1 Å². The van der Waals surface area contributed by atoms with Crippen molar-refractivity contribution in [2.24, 2.45) is 5.10 Å². The van der Waals surface area contributed by atoms with E-state index >= 15 is 0 Å². The van der Waals surface area contributed by atoms with Crippen molar-refractivity contribution < 1.29 is 13.2 Å². The monoisotopic (exact) mass is 530 g/mol. The van der Waals surface area contributed by atoms with E-state index in [-0.39, 0.29) is 17.3 Å². The molecule has 1 fully saturated rings. The van der Waals surface area contributed by atoms with Gasteiger partial charge in [0.15, 0.2) is 0 Å². The molecule has 2 aromatic heterocycles. The number of amides is 1. The summed E-state index contributed by atoms with van der Waals surface area (Å²) < 4.78 is 28.3. The van der Waals surface area contributed by atoms with E-state index in [2.05, 4.69) is 25.3 Å². The van der Waals surface area contributed by atoms with Gasteiger partial charge in [-0.25, -0.2) is 17.8 Å². The van der Waals surface area contributed by atoms with Crippen molar-refractivity contribution in [1.29, 1.82) is 0 Å². The Morgan fingerprint density at radius 1 is 0.974 bits per heavy atom. The molecule has 1 amide bonds. The molecule has 3 heterocycles. The van der Waals surface area contributed by atoms with Gasteiger partial charge >= 0.3 is 0 Å². The van der Waals surface area contributed by atoms with E-state index in [1.165, 1.54) is 10.2 Å². The quantitative estimate of drug-likeness (QED) is 0.278. The van der Waals surface area contributed by atoms with E-state index in [0.29, 0.717) is 17.8 Å². The zero-order valence-corrected chi connectivity index (χ0v) is 22.0. The van der Waals surface area contributed by atoms with E-state index in [1.807, 2.05) is 61.5 Å². The largest absolute Gasteiger partial charge is 0.296 e. The molecule has 1 aliphatic heterocycles. The predicted octanol–water partition coefficient (Wildman–Crippen LogP) is 2.85. The minimum Gasteiger partial charge on any atom is -0.296 e. The molecule has 0 saturated carbocycles. The standard InChI is InChI=1S/C28H30N6O3S/c1-22-9-11-25(12-10-22)38(36,37)34-20-23(26-7-2-3-8-27(26)34)19-32-14-16-33(17-15-32)21-28(35)31-30-18-24-6-4-5-13-29-24/h2-13,18,20H,14-17,19,21H2,1H3,(H,31,35)/b30-18-. The van der Waals surface area contributed by atoms with Gasteiger partial charge in [-0.05, 0) is 42.8 Å². The third-order valence-corrected chi connectivity index (χ3v) is 8.33. The summed E-state index contributed by atoms with van der Waals surface area (Å²) in [6, 6.07) is 20.0. The van der Waals surface area contributed by atoms with Gasteiger partial charge in [-0.1, -0.05) is 42.0 Å². The van der Waals surface area contributed by atoms with Crippen molar-refractivity contribution in [3.05, 3.63) is 95.9 Å². The lowest BCUT2D eigenvalue weighted by molar-refractivity contribution is -0.122. The second kappa shape index (κ2) is 11.3. The Morgan fingerprint density at radius 3 is 2.42 bits per heavy atom. The van der Waals surface area contributed by atoms with Crippen LogP contribution in [0.25, 0.3) is 10.9 Å². The third kappa shape index (κ3) is 5.83. The molecule has 1 N–H and O–H groups in total. The maximum atomic E-state index is 13.5. The molecule has 1 saturated heterocycles. The van der Waals surface area contributed by atoms with Crippen LogP contribution in [0.2, 0.25) is 0 Å². The average molecular weight is 531 g/mol. The Balaban J connectivity index is 1.21. The smallest absolute Gasteiger partial charge is 0.268 e. The molecule has 0 atom stereocenters. The summed E-state index contributed by atoms with van der Waals surface area (Å²) in [6.45, 7) is 5.84. The average Bonchev–Trinajstić information content (AvgIpc) is 3.30. The SMILES string of the molecule is Cc1ccc(S(=O)(=O)n2cc(CN3CCN(CC(=O)N/N=C\c4ccccn4)CC3)c3ccccc32)cc1. The van der Waals surface area contributed by atoms with Gasteiger partial charge in [0.2, 0.25) is 0 Å². The minimum absolute atomic E-state index is 0.171. The number of piperazine rings is 1. The molecular formula is C28H30N6O3S. The highest BCUT2D eigenvalue weighted by atomic mass is 32.2. The molecule has 38 heavy (non-hydrogen) atoms. The van der Waals surface area contributed by atoms with Gasteiger partial charge < -0.3 is 0 Å². The Bertz CT molecular complexity index is 1540. The van der Waals surface area contributed by atoms with Crippen LogP contribution >= 0.6 is 0 Å². The fraction of sp³-hybridized carbons (Fsp3) is 0.250. The van der Waals surface area contributed by atoms with Gasteiger partial charge in [0.05, 0.1) is 28.9 Å². The molecule has 5 rings (SSSR count). The summed E-state index contributed by atoms with van der Waals surface area (Å²) in [4.78, 5) is 21.1. The van der Waals surface area contributed by atoms with Crippen LogP contribution in [0.1, 0.15) is 16.8 Å². The van der Waals surface area contributed by atoms with E-state index in [4.69, 9.17) is 0 Å². The highest BCUT2D eigenvalue weighted by Crippen LogP contribution is 2.27. The number of nitrogens with one attached hydrogen (secondary N) is 1. The van der Waals surface area contributed by atoms with Crippen molar-refractivity contribution in [2.45, 2.75) is 18.4 Å². The Labute approximate surface area is 222 Å². The van der Waals surface area contributed by atoms with Crippen LogP contribution in [0.3, 0.4) is 0 Å². The number of fused-ring (bicyclic) bond motifs is 1. The first kappa shape index (κ1) is 25.8. The highest BCUT2D eigenvalue weighted by Gasteiger charge is 2.24. The number of nitrogens with zero attached hydrogens (tertiary/aromatic N) is 5. The number of pyridine rings is 1. The zero-order chi connectivity index (χ0) is 26.5. The molecule has 10 heteroatoms. The third-order valence-electron chi connectivity index (χ3n) is 6.64. The number of carbonyl (C=O) groups is 1. The highest BCUT2D eigenvalue weighted by molar-refractivity contribution is 7.90. The van der Waals surface area contributed by atoms with Gasteiger partial charge in [-0.2, -0.15) is 5.10 Å². The summed E-state index contributed by atoms with van der Waals surface area (Å²) in [5, 5.41) is 4.91. The molecule has 9 nitrogen and oxygen atoms in total. The molecule has 196 valence electrons. The first-order valence-corrected chi connectivity index (χ1v) is 13.9. The molecule has 0 unspecified atom stereocenters. The Kier molecular flexibility index (Phi) is 7.64. The molecular weight excluding hydrogens is 500 g/mol. The molecule has 4 aromatic rings. The van der Waals surface area contributed by atoms with E-state index < -0.39 is 10.0 Å². The van der Waals surface area contributed by atoms with E-state index in [9.17, 15) is 13.2 Å². The lowest BCUT2D eigenvalue weighted by atomic mass is 10.1. The maximum absolute atomic E-state index is 13.5. The van der Waals surface area contributed by atoms with Gasteiger partial charge in [0.1, 0.15) is 0 Å². The second-order valence-electron chi connectivity index (χ2n) is 9.39. The van der Waals surface area contributed by atoms with Gasteiger partial charge in [0.25, 0.3) is 15.9 Å². The Hall–Kier alpha value is -3.86. The van der Waals surface area contributed by atoms with Gasteiger partial charge in [0, 0.05) is 50.5 Å². The summed E-state index contributed by atoms with van der Waals surface area (Å²) >= 11 is 0. The maximum Gasteiger partial charge on any atom is 0.268 e. The molecule has 1 aliphatic rings. The predicted molar refractivity (Wildman–Crippen MR) is 147 cm³/mol. The Morgan fingerprint density at radius 2 is 1.68 bits per heavy atom. The van der Waals surface area contributed by atoms with E-state index in [0.717, 1.165) is 42.7 Å². The minimum atomic E-state index is -3.72. The van der Waals surface area contributed by atoms with Crippen molar-refractivity contribution in [3.8, 4) is 0 Å². The number of aromatic nitrogens is 2. The van der Waals surface area contributed by atoms with Gasteiger partial charge in [-0.15, -0.1) is 0 Å². The van der Waals surface area contributed by atoms with Crippen molar-refractivity contribution in [3.63, 3.8) is 0 Å². The first-order chi connectivity index (χ1) is 18.4. The van der Waals surface area contributed by atoms with Crippen LogP contribution in [0.5, 0.6) is 0 Å². The lowest BCUT2D eigenvalue weighted by Crippen LogP contribution is -2.48. The van der Waals surface area contributed by atoms with Gasteiger partial charge in [-0.3, -0.25) is 19.6 Å². The molecule has 0 aliphatic carbocycles. The number of hydrazone groups is 1. The number of hydrogen-bond donors (Lipinski definition) is 1. The van der Waals surface area contributed by atoms with Crippen molar-refractivity contribution >= 4 is 33.0 Å². The normalized spacial score (nSPS) is 15.3. The van der Waals surface area contributed by atoms with E-state index in [1.54, 1.807) is 24.5 Å². The fourth-order valence-electron chi connectivity index (χ4n) is 4.57. The number of hydrogen-bond acceptors (Lipinski definition) is 7. The zero-order valence-electron chi connectivity index (χ0n) is 21.2. The fourth-order valence-corrected chi connectivity index (χ4v) is 5.97. The molecule has 0 spiro atoms. The van der Waals surface area contributed by atoms with Crippen LogP contribution in [0, 0.1) is 6.92 Å². The lowest BCUT2D eigenvalue weighted by Gasteiger charge is -2.34. The number of aryl methyl sites for hydroxylation is 1. The molecule has 2 aromatic carbocycles. The summed E-state index contributed by atoms with van der Waals surface area (Å²) in [5.41, 5.74) is 5.88. The molecule has 0 bridgehead atoms. The first-order valence-electron chi connectivity index (χ1n) is 12.5. The molecule has 0 radical (unpaired) electrons. The van der Waals surface area contributed by atoms with Crippen LogP contribution in [0.4, 0.5) is 0 Å². The van der Waals surface area contributed by atoms with Crippen LogP contribution in [-0.2, 0) is 21.4 Å². The topological polar surface area (TPSA) is 99.9 Å². The summed E-state index contributed by atoms with van der Waals surface area (Å²) in [6.07, 6.45) is 4.94. The van der Waals surface area contributed by atoms with Crippen LogP contribution < -0.4 is 5.43 Å². The number of para-hydroxylation sites is 1.